The summed E-state index contributed by atoms with van der Waals surface area (Å²) in [5, 5.41) is 15.1. The van der Waals surface area contributed by atoms with E-state index in [-0.39, 0.29) is 11.8 Å². The van der Waals surface area contributed by atoms with Crippen molar-refractivity contribution in [3.63, 3.8) is 0 Å². The third-order valence-corrected chi connectivity index (χ3v) is 5.76. The molecule has 1 aliphatic rings. The SMILES string of the molecule is O=C(c1cn[nH]c1-c1ccccc1)N1CCCC(c2nnc3ccc(C(F)(F)F)cn23)C1. The van der Waals surface area contributed by atoms with Gasteiger partial charge in [-0.2, -0.15) is 18.3 Å². The van der Waals surface area contributed by atoms with E-state index in [0.29, 0.717) is 48.7 Å². The number of aromatic amines is 1. The van der Waals surface area contributed by atoms with E-state index in [1.165, 1.54) is 16.7 Å². The number of rotatable bonds is 3. The van der Waals surface area contributed by atoms with Crippen LogP contribution in [0, 0.1) is 0 Å². The fourth-order valence-electron chi connectivity index (χ4n) is 4.17. The van der Waals surface area contributed by atoms with Crippen LogP contribution >= 0.6 is 0 Å². The second kappa shape index (κ2) is 7.77. The Kier molecular flexibility index (Phi) is 4.91. The quantitative estimate of drug-likeness (QED) is 0.519. The number of halogens is 3. The van der Waals surface area contributed by atoms with Gasteiger partial charge in [-0.25, -0.2) is 0 Å². The van der Waals surface area contributed by atoms with Gasteiger partial charge in [-0.3, -0.25) is 14.3 Å². The Morgan fingerprint density at radius 3 is 2.69 bits per heavy atom. The molecule has 1 unspecified atom stereocenters. The van der Waals surface area contributed by atoms with Crippen molar-refractivity contribution in [3.05, 3.63) is 71.8 Å². The van der Waals surface area contributed by atoms with Crippen LogP contribution in [0.3, 0.4) is 0 Å². The topological polar surface area (TPSA) is 79.2 Å². The van der Waals surface area contributed by atoms with E-state index in [4.69, 9.17) is 0 Å². The molecular weight excluding hydrogens is 421 g/mol. The lowest BCUT2D eigenvalue weighted by atomic mass is 9.96. The van der Waals surface area contributed by atoms with Crippen LogP contribution in [0.5, 0.6) is 0 Å². The Morgan fingerprint density at radius 1 is 1.09 bits per heavy atom. The number of pyridine rings is 1. The average molecular weight is 440 g/mol. The zero-order valence-electron chi connectivity index (χ0n) is 16.9. The number of likely N-dealkylation sites (tertiary alicyclic amines) is 1. The number of amides is 1. The van der Waals surface area contributed by atoms with Crippen LogP contribution in [-0.4, -0.2) is 48.7 Å². The minimum Gasteiger partial charge on any atom is -0.338 e. The third kappa shape index (κ3) is 3.61. The first kappa shape index (κ1) is 20.2. The van der Waals surface area contributed by atoms with Gasteiger partial charge in [-0.15, -0.1) is 10.2 Å². The van der Waals surface area contributed by atoms with Crippen LogP contribution in [0.25, 0.3) is 16.9 Å². The highest BCUT2D eigenvalue weighted by Gasteiger charge is 2.33. The molecule has 4 heterocycles. The Balaban J connectivity index is 1.42. The van der Waals surface area contributed by atoms with Gasteiger partial charge in [0.2, 0.25) is 0 Å². The molecule has 0 radical (unpaired) electrons. The largest absolute Gasteiger partial charge is 0.417 e. The molecule has 10 heteroatoms. The molecule has 1 atom stereocenters. The number of nitrogens with one attached hydrogen (secondary N) is 1. The summed E-state index contributed by atoms with van der Waals surface area (Å²) in [4.78, 5) is 15.0. The van der Waals surface area contributed by atoms with Crippen LogP contribution in [0.1, 0.15) is 40.5 Å². The Hall–Kier alpha value is -3.69. The highest BCUT2D eigenvalue weighted by Crippen LogP contribution is 2.32. The van der Waals surface area contributed by atoms with E-state index in [1.54, 1.807) is 4.90 Å². The average Bonchev–Trinajstić information content (AvgIpc) is 3.45. The standard InChI is InChI=1S/C22H19F3N6O/c23-22(24,25)16-8-9-18-27-29-20(31(18)13-16)15-7-4-10-30(12-15)21(32)17-11-26-28-19(17)14-5-2-1-3-6-14/h1-3,5-6,8-9,11,13,15H,4,7,10,12H2,(H,26,28). The number of carbonyl (C=O) groups excluding carboxylic acids is 1. The molecule has 1 N–H and O–H groups in total. The molecule has 1 amide bonds. The van der Waals surface area contributed by atoms with Gasteiger partial charge in [0.05, 0.1) is 23.0 Å². The molecule has 0 spiro atoms. The second-order valence-corrected chi connectivity index (χ2v) is 7.82. The molecule has 4 aromatic rings. The van der Waals surface area contributed by atoms with Gasteiger partial charge in [0.25, 0.3) is 5.91 Å². The summed E-state index contributed by atoms with van der Waals surface area (Å²) in [5.41, 5.74) is 1.53. The summed E-state index contributed by atoms with van der Waals surface area (Å²) < 4.78 is 40.9. The molecule has 0 bridgehead atoms. The maximum atomic E-state index is 13.3. The number of benzene rings is 1. The van der Waals surface area contributed by atoms with Crippen LogP contribution in [0.4, 0.5) is 13.2 Å². The molecule has 0 saturated carbocycles. The number of hydrogen-bond acceptors (Lipinski definition) is 4. The summed E-state index contributed by atoms with van der Waals surface area (Å²) in [6.07, 6.45) is -0.509. The summed E-state index contributed by atoms with van der Waals surface area (Å²) >= 11 is 0. The molecule has 1 aromatic carbocycles. The van der Waals surface area contributed by atoms with Crippen LogP contribution in [0.2, 0.25) is 0 Å². The molecule has 32 heavy (non-hydrogen) atoms. The van der Waals surface area contributed by atoms with Gasteiger partial charge >= 0.3 is 6.18 Å². The van der Waals surface area contributed by atoms with Gasteiger partial charge < -0.3 is 4.90 Å². The zero-order chi connectivity index (χ0) is 22.3. The first-order chi connectivity index (χ1) is 15.4. The van der Waals surface area contributed by atoms with Crippen LogP contribution in [0.15, 0.2) is 54.9 Å². The summed E-state index contributed by atoms with van der Waals surface area (Å²) in [7, 11) is 0. The zero-order valence-corrected chi connectivity index (χ0v) is 16.9. The predicted molar refractivity (Wildman–Crippen MR) is 110 cm³/mol. The van der Waals surface area contributed by atoms with E-state index in [2.05, 4.69) is 20.4 Å². The molecule has 1 fully saturated rings. The highest BCUT2D eigenvalue weighted by molar-refractivity contribution is 5.99. The van der Waals surface area contributed by atoms with Gasteiger partial charge in [-0.05, 0) is 25.0 Å². The van der Waals surface area contributed by atoms with Crippen LogP contribution < -0.4 is 0 Å². The maximum absolute atomic E-state index is 13.3. The smallest absolute Gasteiger partial charge is 0.338 e. The van der Waals surface area contributed by atoms with Crippen molar-refractivity contribution in [1.29, 1.82) is 0 Å². The Bertz CT molecular complexity index is 1260. The van der Waals surface area contributed by atoms with Gasteiger partial charge in [0.1, 0.15) is 5.82 Å². The molecule has 7 nitrogen and oxygen atoms in total. The Morgan fingerprint density at radius 2 is 1.91 bits per heavy atom. The number of fused-ring (bicyclic) bond motifs is 1. The molecule has 5 rings (SSSR count). The number of nitrogens with zero attached hydrogens (tertiary/aromatic N) is 5. The lowest BCUT2D eigenvalue weighted by Gasteiger charge is -2.32. The van der Waals surface area contributed by atoms with Crippen molar-refractivity contribution in [2.75, 3.05) is 13.1 Å². The molecular formula is C22H19F3N6O. The summed E-state index contributed by atoms with van der Waals surface area (Å²) in [6.45, 7) is 0.897. The van der Waals surface area contributed by atoms with Crippen molar-refractivity contribution < 1.29 is 18.0 Å². The number of H-pyrrole nitrogens is 1. The van der Waals surface area contributed by atoms with E-state index < -0.39 is 11.7 Å². The molecule has 1 aliphatic heterocycles. The van der Waals surface area contributed by atoms with Crippen molar-refractivity contribution in [2.45, 2.75) is 24.9 Å². The minimum absolute atomic E-state index is 0.174. The number of aromatic nitrogens is 5. The van der Waals surface area contributed by atoms with Crippen molar-refractivity contribution in [2.24, 2.45) is 0 Å². The van der Waals surface area contributed by atoms with Crippen LogP contribution in [-0.2, 0) is 6.18 Å². The maximum Gasteiger partial charge on any atom is 0.417 e. The highest BCUT2D eigenvalue weighted by atomic mass is 19.4. The number of carbonyl (C=O) groups is 1. The number of piperidine rings is 1. The molecule has 1 saturated heterocycles. The first-order valence-corrected chi connectivity index (χ1v) is 10.2. The van der Waals surface area contributed by atoms with E-state index in [1.807, 2.05) is 30.3 Å². The molecule has 0 aliphatic carbocycles. The van der Waals surface area contributed by atoms with Crippen molar-refractivity contribution >= 4 is 11.6 Å². The lowest BCUT2D eigenvalue weighted by molar-refractivity contribution is -0.137. The third-order valence-electron chi connectivity index (χ3n) is 5.76. The van der Waals surface area contributed by atoms with E-state index >= 15 is 0 Å². The fraction of sp³-hybridized carbons (Fsp3) is 0.273. The van der Waals surface area contributed by atoms with E-state index in [0.717, 1.165) is 17.8 Å². The van der Waals surface area contributed by atoms with Crippen molar-refractivity contribution in [3.8, 4) is 11.3 Å². The van der Waals surface area contributed by atoms with Crippen molar-refractivity contribution in [1.82, 2.24) is 29.7 Å². The molecule has 3 aromatic heterocycles. The molecule has 164 valence electrons. The number of hydrogen-bond donors (Lipinski definition) is 1. The predicted octanol–water partition coefficient (Wildman–Crippen LogP) is 4.16. The summed E-state index contributed by atoms with van der Waals surface area (Å²) in [6, 6.07) is 11.7. The lowest BCUT2D eigenvalue weighted by Crippen LogP contribution is -2.39. The minimum atomic E-state index is -4.46. The van der Waals surface area contributed by atoms with Gasteiger partial charge in [0, 0.05) is 30.8 Å². The van der Waals surface area contributed by atoms with Gasteiger partial charge in [0.15, 0.2) is 5.65 Å². The fourth-order valence-corrected chi connectivity index (χ4v) is 4.17. The monoisotopic (exact) mass is 440 g/mol. The first-order valence-electron chi connectivity index (χ1n) is 10.2. The number of alkyl halides is 3. The second-order valence-electron chi connectivity index (χ2n) is 7.82. The summed E-state index contributed by atoms with van der Waals surface area (Å²) in [5.74, 6) is 0.0319. The van der Waals surface area contributed by atoms with Gasteiger partial charge in [-0.1, -0.05) is 30.3 Å². The Labute approximate surface area is 180 Å². The van der Waals surface area contributed by atoms with E-state index in [9.17, 15) is 18.0 Å². The normalized spacial score (nSPS) is 17.1.